The van der Waals surface area contributed by atoms with E-state index in [0.29, 0.717) is 27.8 Å². The Balaban J connectivity index is 1.21. The Morgan fingerprint density at radius 2 is 1.59 bits per heavy atom. The summed E-state index contributed by atoms with van der Waals surface area (Å²) in [6, 6.07) is 25.0. The Hall–Kier alpha value is -3.85. The van der Waals surface area contributed by atoms with Gasteiger partial charge in [0.15, 0.2) is 0 Å². The molecule has 44 heavy (non-hydrogen) atoms. The van der Waals surface area contributed by atoms with E-state index in [1.165, 1.54) is 41.4 Å². The van der Waals surface area contributed by atoms with E-state index in [2.05, 4.69) is 12.1 Å². The van der Waals surface area contributed by atoms with Crippen LogP contribution in [0, 0.1) is 5.82 Å². The first kappa shape index (κ1) is 30.2. The number of fused-ring (bicyclic) bond motifs is 1. The lowest BCUT2D eigenvalue weighted by molar-refractivity contribution is -0.145. The van der Waals surface area contributed by atoms with Gasteiger partial charge in [0.1, 0.15) is 16.8 Å². The number of carboxylic acid groups (broad SMARTS) is 1. The zero-order chi connectivity index (χ0) is 30.8. The van der Waals surface area contributed by atoms with Crippen molar-refractivity contribution in [1.82, 2.24) is 0 Å². The number of aliphatic hydroxyl groups is 1. The fourth-order valence-corrected chi connectivity index (χ4v) is 7.29. The summed E-state index contributed by atoms with van der Waals surface area (Å²) in [7, 11) is 0. The first-order valence-electron chi connectivity index (χ1n) is 14.5. The third kappa shape index (κ3) is 6.34. The van der Waals surface area contributed by atoms with Crippen LogP contribution in [0.25, 0.3) is 0 Å². The Bertz CT molecular complexity index is 1650. The molecule has 4 aromatic carbocycles. The Labute approximate surface area is 264 Å². The summed E-state index contributed by atoms with van der Waals surface area (Å²) in [6.45, 7) is 0. The average Bonchev–Trinajstić information content (AvgIpc) is 3.04. The number of carbonyl (C=O) groups is 2. The van der Waals surface area contributed by atoms with Gasteiger partial charge in [-0.3, -0.25) is 4.79 Å². The first-order chi connectivity index (χ1) is 21.3. The zero-order valence-electron chi connectivity index (χ0n) is 23.7. The molecule has 226 valence electrons. The van der Waals surface area contributed by atoms with E-state index < -0.39 is 29.2 Å². The van der Waals surface area contributed by atoms with Crippen molar-refractivity contribution in [3.8, 4) is 5.75 Å². The standard InChI is InChI=1S/C35H31ClFNO5S/c36-26-11-7-23(8-12-26)32(35(41)42)43-29-17-9-22(10-18-29)31-33(34(40)38(31)28-15-13-27(37)14-16-28)44-20-30(39)25-6-5-21-3-1-2-4-24(21)19-25/h5-19,30-33,39H,1-4,20H2,(H,41,42)/t30-,31+,32?,33+/m0/s1. The van der Waals surface area contributed by atoms with E-state index in [4.69, 9.17) is 16.3 Å². The number of aliphatic hydroxyl groups excluding tert-OH is 1. The highest BCUT2D eigenvalue weighted by atomic mass is 35.5. The van der Waals surface area contributed by atoms with Gasteiger partial charge >= 0.3 is 5.97 Å². The molecule has 1 saturated heterocycles. The minimum Gasteiger partial charge on any atom is -0.478 e. The van der Waals surface area contributed by atoms with Gasteiger partial charge in [-0.15, -0.1) is 11.8 Å². The van der Waals surface area contributed by atoms with Gasteiger partial charge in [0, 0.05) is 22.0 Å². The molecule has 0 spiro atoms. The van der Waals surface area contributed by atoms with Crippen molar-refractivity contribution >= 4 is 40.9 Å². The van der Waals surface area contributed by atoms with Crippen molar-refractivity contribution in [2.75, 3.05) is 10.7 Å². The molecule has 0 bridgehead atoms. The lowest BCUT2D eigenvalue weighted by atomic mass is 9.90. The van der Waals surface area contributed by atoms with Crippen LogP contribution in [-0.2, 0) is 22.4 Å². The fraction of sp³-hybridized carbons (Fsp3) is 0.257. The molecule has 0 radical (unpaired) electrons. The fourth-order valence-electron chi connectivity index (χ4n) is 5.87. The minimum atomic E-state index is -1.23. The number of carbonyl (C=O) groups excluding carboxylic acids is 1. The lowest BCUT2D eigenvalue weighted by Gasteiger charge is -2.47. The van der Waals surface area contributed by atoms with Gasteiger partial charge in [0.05, 0.1) is 12.1 Å². The maximum absolute atomic E-state index is 13.7. The molecule has 1 heterocycles. The molecule has 1 amide bonds. The molecule has 1 aliphatic heterocycles. The highest BCUT2D eigenvalue weighted by Gasteiger charge is 2.49. The number of hydrogen-bond donors (Lipinski definition) is 2. The maximum atomic E-state index is 13.7. The average molecular weight is 632 g/mol. The van der Waals surface area contributed by atoms with Crippen molar-refractivity contribution < 1.29 is 28.9 Å². The smallest absolute Gasteiger partial charge is 0.349 e. The summed E-state index contributed by atoms with van der Waals surface area (Å²) in [5.41, 5.74) is 5.32. The number of aryl methyl sites for hydroxylation is 2. The van der Waals surface area contributed by atoms with Crippen LogP contribution in [-0.4, -0.2) is 33.1 Å². The van der Waals surface area contributed by atoms with E-state index in [0.717, 1.165) is 30.4 Å². The van der Waals surface area contributed by atoms with Crippen LogP contribution in [0.2, 0.25) is 5.02 Å². The quantitative estimate of drug-likeness (QED) is 0.176. The minimum absolute atomic E-state index is 0.127. The molecular formula is C35H31ClFNO5S. The first-order valence-corrected chi connectivity index (χ1v) is 16.0. The van der Waals surface area contributed by atoms with Gasteiger partial charge in [-0.1, -0.05) is 54.1 Å². The van der Waals surface area contributed by atoms with Crippen molar-refractivity contribution in [1.29, 1.82) is 0 Å². The normalized spacial score (nSPS) is 19.1. The largest absolute Gasteiger partial charge is 0.478 e. The summed E-state index contributed by atoms with van der Waals surface area (Å²) in [5, 5.41) is 20.9. The third-order valence-electron chi connectivity index (χ3n) is 8.21. The van der Waals surface area contributed by atoms with Crippen LogP contribution >= 0.6 is 23.4 Å². The molecule has 6 rings (SSSR count). The van der Waals surface area contributed by atoms with E-state index in [1.54, 1.807) is 65.6 Å². The molecule has 2 aliphatic rings. The second-order valence-corrected chi connectivity index (χ2v) is 12.7. The Kier molecular flexibility index (Phi) is 8.93. The number of halogens is 2. The highest BCUT2D eigenvalue weighted by Crippen LogP contribution is 2.46. The predicted molar refractivity (Wildman–Crippen MR) is 170 cm³/mol. The van der Waals surface area contributed by atoms with Crippen LogP contribution in [0.3, 0.4) is 0 Å². The number of aliphatic carboxylic acids is 1. The number of carboxylic acids is 1. The molecule has 1 aliphatic carbocycles. The maximum Gasteiger partial charge on any atom is 0.349 e. The van der Waals surface area contributed by atoms with Crippen LogP contribution in [0.4, 0.5) is 10.1 Å². The molecule has 4 aromatic rings. The van der Waals surface area contributed by atoms with Crippen LogP contribution < -0.4 is 9.64 Å². The van der Waals surface area contributed by atoms with Crippen LogP contribution in [0.5, 0.6) is 5.75 Å². The Morgan fingerprint density at radius 3 is 2.27 bits per heavy atom. The van der Waals surface area contributed by atoms with Gasteiger partial charge in [0.2, 0.25) is 12.0 Å². The lowest BCUT2D eigenvalue weighted by Crippen LogP contribution is -2.57. The number of nitrogens with zero attached hydrogens (tertiary/aromatic N) is 1. The molecule has 1 fully saturated rings. The summed E-state index contributed by atoms with van der Waals surface area (Å²) < 4.78 is 19.5. The predicted octanol–water partition coefficient (Wildman–Crippen LogP) is 7.49. The molecule has 0 aromatic heterocycles. The summed E-state index contributed by atoms with van der Waals surface area (Å²) in [4.78, 5) is 27.1. The van der Waals surface area contributed by atoms with Crippen molar-refractivity contribution in [2.45, 2.75) is 49.2 Å². The van der Waals surface area contributed by atoms with Gasteiger partial charge < -0.3 is 19.8 Å². The second-order valence-electron chi connectivity index (χ2n) is 11.1. The number of β-lactam (4-membered cyclic amide) rings is 1. The van der Waals surface area contributed by atoms with Crippen LogP contribution in [0.1, 0.15) is 58.9 Å². The number of rotatable bonds is 10. The molecule has 1 unspecified atom stereocenters. The monoisotopic (exact) mass is 631 g/mol. The van der Waals surface area contributed by atoms with Gasteiger partial charge in [-0.2, -0.15) is 0 Å². The molecule has 2 N–H and O–H groups in total. The summed E-state index contributed by atoms with van der Waals surface area (Å²) >= 11 is 7.35. The Morgan fingerprint density at radius 1 is 0.932 bits per heavy atom. The number of thioether (sulfide) groups is 1. The van der Waals surface area contributed by atoms with Gasteiger partial charge in [-0.25, -0.2) is 9.18 Å². The number of hydrogen-bond acceptors (Lipinski definition) is 5. The SMILES string of the molecule is O=C(O)C(Oc1ccc([C@@H]2[C@@H](SC[C@H](O)c3ccc4c(c3)CCCC4)C(=O)N2c2ccc(F)cc2)cc1)c1ccc(Cl)cc1. The van der Waals surface area contributed by atoms with E-state index in [9.17, 15) is 24.2 Å². The number of benzene rings is 4. The van der Waals surface area contributed by atoms with E-state index in [-0.39, 0.29) is 11.9 Å². The summed E-state index contributed by atoms with van der Waals surface area (Å²) in [5.74, 6) is -0.976. The molecule has 4 atom stereocenters. The topological polar surface area (TPSA) is 87.1 Å². The van der Waals surface area contributed by atoms with E-state index >= 15 is 0 Å². The van der Waals surface area contributed by atoms with Gasteiger partial charge in [-0.05, 0) is 96.5 Å². The van der Waals surface area contributed by atoms with Crippen molar-refractivity contribution in [3.05, 3.63) is 130 Å². The molecule has 9 heteroatoms. The van der Waals surface area contributed by atoms with Crippen LogP contribution in [0.15, 0.2) is 91.0 Å². The van der Waals surface area contributed by atoms with Gasteiger partial charge in [0.25, 0.3) is 0 Å². The number of anilines is 1. The van der Waals surface area contributed by atoms with Crippen molar-refractivity contribution in [3.63, 3.8) is 0 Å². The number of amides is 1. The van der Waals surface area contributed by atoms with Crippen molar-refractivity contribution in [2.24, 2.45) is 0 Å². The molecule has 0 saturated carbocycles. The second kappa shape index (κ2) is 13.0. The highest BCUT2D eigenvalue weighted by molar-refractivity contribution is 8.00. The zero-order valence-corrected chi connectivity index (χ0v) is 25.3. The third-order valence-corrected chi connectivity index (χ3v) is 9.79. The molecular weight excluding hydrogens is 601 g/mol. The summed E-state index contributed by atoms with van der Waals surface area (Å²) in [6.07, 6.45) is 2.48. The van der Waals surface area contributed by atoms with E-state index in [1.807, 2.05) is 6.07 Å². The number of ether oxygens (including phenoxy) is 1. The molecule has 6 nitrogen and oxygen atoms in total.